The van der Waals surface area contributed by atoms with Crippen molar-refractivity contribution in [2.45, 2.75) is 108 Å². The summed E-state index contributed by atoms with van der Waals surface area (Å²) in [5.74, 6) is 1.34. The lowest BCUT2D eigenvalue weighted by Gasteiger charge is -2.42. The molecular weight excluding hydrogens is 664 g/mol. The largest absolute Gasteiger partial charge is 0.496 e. The van der Waals surface area contributed by atoms with E-state index in [0.29, 0.717) is 35.7 Å². The Labute approximate surface area is 307 Å². The van der Waals surface area contributed by atoms with Gasteiger partial charge in [-0.3, -0.25) is 9.59 Å². The number of carbonyl (C=O) groups excluding carboxylic acids is 3. The van der Waals surface area contributed by atoms with Gasteiger partial charge in [0.2, 0.25) is 5.91 Å². The van der Waals surface area contributed by atoms with Crippen molar-refractivity contribution >= 4 is 40.2 Å². The van der Waals surface area contributed by atoms with Crippen molar-refractivity contribution < 1.29 is 23.9 Å². The van der Waals surface area contributed by atoms with Gasteiger partial charge < -0.3 is 30.3 Å². The Hall–Kier alpha value is -3.66. The predicted molar refractivity (Wildman–Crippen MR) is 201 cm³/mol. The zero-order chi connectivity index (χ0) is 35.7. The Balaban J connectivity index is 1.22. The van der Waals surface area contributed by atoms with Crippen molar-refractivity contribution in [3.63, 3.8) is 0 Å². The number of hydrogen-bond acceptors (Lipinski definition) is 7. The van der Waals surface area contributed by atoms with Crippen LogP contribution in [-0.4, -0.2) is 72.5 Å². The highest BCUT2D eigenvalue weighted by Crippen LogP contribution is 2.34. The molecule has 3 N–H and O–H groups in total. The summed E-state index contributed by atoms with van der Waals surface area (Å²) in [5, 5.41) is 5.88. The summed E-state index contributed by atoms with van der Waals surface area (Å²) in [5.41, 5.74) is 7.72. The minimum Gasteiger partial charge on any atom is -0.496 e. The van der Waals surface area contributed by atoms with Crippen LogP contribution >= 0.6 is 11.6 Å². The van der Waals surface area contributed by atoms with E-state index in [1.54, 1.807) is 23.0 Å². The number of nitrogens with one attached hydrogen (secondary N) is 1. The van der Waals surface area contributed by atoms with E-state index < -0.39 is 12.1 Å². The van der Waals surface area contributed by atoms with Crippen molar-refractivity contribution in [3.05, 3.63) is 70.7 Å². The highest BCUT2D eigenvalue weighted by Gasteiger charge is 2.40. The molecule has 0 spiro atoms. The van der Waals surface area contributed by atoms with Crippen LogP contribution in [0.25, 0.3) is 10.8 Å². The van der Waals surface area contributed by atoms with Crippen LogP contribution in [0.5, 0.6) is 11.5 Å². The highest BCUT2D eigenvalue weighted by atomic mass is 35.5. The van der Waals surface area contributed by atoms with E-state index in [1.165, 1.54) is 38.5 Å². The molecule has 274 valence electrons. The summed E-state index contributed by atoms with van der Waals surface area (Å²) in [7, 11) is 1.61. The van der Waals surface area contributed by atoms with Crippen LogP contribution in [0.1, 0.15) is 88.2 Å². The molecule has 9 nitrogen and oxygen atoms in total. The van der Waals surface area contributed by atoms with Crippen molar-refractivity contribution in [1.29, 1.82) is 0 Å². The van der Waals surface area contributed by atoms with Gasteiger partial charge in [-0.05, 0) is 54.7 Å². The molecule has 0 aromatic heterocycles. The van der Waals surface area contributed by atoms with Crippen LogP contribution < -0.4 is 20.5 Å². The van der Waals surface area contributed by atoms with Crippen LogP contribution in [0.2, 0.25) is 5.02 Å². The fourth-order valence-electron chi connectivity index (χ4n) is 8.24. The highest BCUT2D eigenvalue weighted by molar-refractivity contribution is 6.37. The van der Waals surface area contributed by atoms with E-state index in [2.05, 4.69) is 5.32 Å². The molecule has 6 rings (SSSR count). The molecule has 1 heterocycles. The normalized spacial score (nSPS) is 19.5. The summed E-state index contributed by atoms with van der Waals surface area (Å²) >= 11 is 6.68. The van der Waals surface area contributed by atoms with Gasteiger partial charge in [-0.2, -0.15) is 0 Å². The van der Waals surface area contributed by atoms with Crippen LogP contribution in [-0.2, 0) is 22.6 Å². The summed E-state index contributed by atoms with van der Waals surface area (Å²) in [6, 6.07) is 16.2. The van der Waals surface area contributed by atoms with Gasteiger partial charge in [-0.25, -0.2) is 4.79 Å². The average molecular weight is 717 g/mol. The van der Waals surface area contributed by atoms with E-state index in [-0.39, 0.29) is 49.5 Å². The van der Waals surface area contributed by atoms with Gasteiger partial charge in [-0.15, -0.1) is 0 Å². The average Bonchev–Trinajstić information content (AvgIpc) is 3.18. The molecule has 0 unspecified atom stereocenters. The third-order valence-electron chi connectivity index (χ3n) is 11.2. The zero-order valence-corrected chi connectivity index (χ0v) is 30.7. The molecular formula is C41H53ClN4O5. The van der Waals surface area contributed by atoms with Crippen LogP contribution in [0.3, 0.4) is 0 Å². The molecule has 1 aliphatic heterocycles. The minimum absolute atomic E-state index is 0.0240. The van der Waals surface area contributed by atoms with Crippen LogP contribution in [0, 0.1) is 5.92 Å². The third-order valence-corrected chi connectivity index (χ3v) is 11.6. The van der Waals surface area contributed by atoms with Gasteiger partial charge in [0, 0.05) is 43.0 Å². The number of aryl methyl sites for hydroxylation is 1. The molecule has 2 aliphatic carbocycles. The summed E-state index contributed by atoms with van der Waals surface area (Å²) in [6.45, 7) is 0.928. The SMILES string of the molecule is COc1cc(CCC(=O)[C@@H]2CN(C(=O)Oc3ccc4ccccc4c3Cl)CCN2C(=O)[C@@H](CC2CCCCC2)NC2CCCCC2)ccc1CN. The second-order valence-electron chi connectivity index (χ2n) is 14.6. The van der Waals surface area contributed by atoms with E-state index in [4.69, 9.17) is 26.8 Å². The number of halogens is 1. The number of piperazine rings is 1. The molecule has 2 amide bonds. The number of ether oxygens (including phenoxy) is 2. The lowest BCUT2D eigenvalue weighted by molar-refractivity contribution is -0.145. The molecule has 0 bridgehead atoms. The molecule has 2 saturated carbocycles. The van der Waals surface area contributed by atoms with E-state index >= 15 is 0 Å². The number of methoxy groups -OCH3 is 1. The van der Waals surface area contributed by atoms with Gasteiger partial charge in [0.1, 0.15) is 11.8 Å². The second-order valence-corrected chi connectivity index (χ2v) is 14.9. The molecule has 2 atom stereocenters. The summed E-state index contributed by atoms with van der Waals surface area (Å²) in [6.07, 6.45) is 12.5. The quantitative estimate of drug-likeness (QED) is 0.200. The van der Waals surface area contributed by atoms with E-state index in [0.717, 1.165) is 54.0 Å². The van der Waals surface area contributed by atoms with Gasteiger partial charge in [0.15, 0.2) is 11.5 Å². The van der Waals surface area contributed by atoms with Crippen molar-refractivity contribution in [1.82, 2.24) is 15.1 Å². The number of Topliss-reactive ketones (excluding diaryl/α,β-unsaturated/α-hetero) is 1. The number of hydrogen-bond donors (Lipinski definition) is 2. The maximum absolute atomic E-state index is 14.7. The maximum Gasteiger partial charge on any atom is 0.415 e. The molecule has 3 aromatic carbocycles. The van der Waals surface area contributed by atoms with Gasteiger partial charge >= 0.3 is 6.09 Å². The van der Waals surface area contributed by atoms with Crippen molar-refractivity contribution in [2.24, 2.45) is 11.7 Å². The topological polar surface area (TPSA) is 114 Å². The Morgan fingerprint density at radius 2 is 1.67 bits per heavy atom. The number of ketones is 1. The Morgan fingerprint density at radius 3 is 2.41 bits per heavy atom. The first kappa shape index (κ1) is 37.1. The fourth-order valence-corrected chi connectivity index (χ4v) is 8.51. The van der Waals surface area contributed by atoms with Gasteiger partial charge in [-0.1, -0.05) is 105 Å². The second kappa shape index (κ2) is 17.7. The molecule has 0 radical (unpaired) electrons. The van der Waals surface area contributed by atoms with Gasteiger partial charge in [0.05, 0.1) is 24.7 Å². The zero-order valence-electron chi connectivity index (χ0n) is 29.9. The maximum atomic E-state index is 14.7. The smallest absolute Gasteiger partial charge is 0.415 e. The van der Waals surface area contributed by atoms with Crippen molar-refractivity contribution in [2.75, 3.05) is 26.7 Å². The molecule has 1 saturated heterocycles. The number of fused-ring (bicyclic) bond motifs is 1. The predicted octanol–water partition coefficient (Wildman–Crippen LogP) is 7.44. The molecule has 3 fully saturated rings. The van der Waals surface area contributed by atoms with E-state index in [9.17, 15) is 14.4 Å². The number of benzene rings is 3. The van der Waals surface area contributed by atoms with E-state index in [1.807, 2.05) is 48.5 Å². The number of carbonyl (C=O) groups is 3. The summed E-state index contributed by atoms with van der Waals surface area (Å²) in [4.78, 5) is 45.9. The molecule has 51 heavy (non-hydrogen) atoms. The Morgan fingerprint density at radius 1 is 0.922 bits per heavy atom. The third kappa shape index (κ3) is 9.23. The molecule has 3 aliphatic rings. The monoisotopic (exact) mass is 716 g/mol. The number of amides is 2. The fraction of sp³-hybridized carbons (Fsp3) is 0.537. The van der Waals surface area contributed by atoms with Gasteiger partial charge in [0.25, 0.3) is 0 Å². The Kier molecular flexibility index (Phi) is 12.9. The molecule has 3 aromatic rings. The lowest BCUT2D eigenvalue weighted by atomic mass is 9.83. The summed E-state index contributed by atoms with van der Waals surface area (Å²) < 4.78 is 11.4. The van der Waals surface area contributed by atoms with Crippen LogP contribution in [0.4, 0.5) is 4.79 Å². The first-order valence-corrected chi connectivity index (χ1v) is 19.3. The first-order chi connectivity index (χ1) is 24.8. The lowest BCUT2D eigenvalue weighted by Crippen LogP contribution is -2.63. The first-order valence-electron chi connectivity index (χ1n) is 18.9. The standard InChI is InChI=1S/C41H53ClN4O5/c1-50-38-25-29(16-18-31(38)26-43)17-20-36(47)35-27-45(41(49)51-37-21-19-30-12-8-9-15-33(30)39(37)42)22-23-46(35)40(48)34(24-28-10-4-2-5-11-28)44-32-13-6-3-7-14-32/h8-9,12,15-16,18-19,21,25,28,32,34-35,44H,2-7,10-11,13-14,17,20,22-24,26-27,43H2,1H3/t34-,35+/m1/s1. The number of rotatable bonds is 12. The Bertz CT molecular complexity index is 1650. The molecule has 10 heteroatoms. The van der Waals surface area contributed by atoms with Crippen LogP contribution in [0.15, 0.2) is 54.6 Å². The number of nitrogens with zero attached hydrogens (tertiary/aromatic N) is 2. The minimum atomic E-state index is -0.793. The van der Waals surface area contributed by atoms with Crippen molar-refractivity contribution in [3.8, 4) is 11.5 Å². The number of nitrogens with two attached hydrogens (primary N) is 1.